The fraction of sp³-hybridized carbons (Fsp3) is 1.00. The minimum absolute atomic E-state index is 0.516. The molecule has 270 valence electrons. The number of unbranched alkanes of at least 4 members (excludes halogenated alkanes) is 17. The Balaban J connectivity index is 2.77. The Kier molecular flexibility index (Phi) is 30.1. The molecular formula is C40H82NO3P. The largest absolute Gasteiger partial charge is 0.330 e. The summed E-state index contributed by atoms with van der Waals surface area (Å²) < 4.78 is 27.4. The van der Waals surface area contributed by atoms with E-state index in [0.717, 1.165) is 19.4 Å². The first-order valence-electron chi connectivity index (χ1n) is 20.7. The molecule has 0 aromatic carbocycles. The van der Waals surface area contributed by atoms with Gasteiger partial charge in [0.05, 0.1) is 19.4 Å². The quantitative estimate of drug-likeness (QED) is 0.0503. The lowest BCUT2D eigenvalue weighted by Gasteiger charge is -2.25. The van der Waals surface area contributed by atoms with E-state index in [4.69, 9.17) is 9.05 Å². The Hall–Kier alpha value is 0.110. The maximum absolute atomic E-state index is 14.4. The highest BCUT2D eigenvalue weighted by Gasteiger charge is 2.28. The molecule has 0 aromatic rings. The van der Waals surface area contributed by atoms with E-state index in [-0.39, 0.29) is 0 Å². The molecule has 2 atom stereocenters. The smallest absolute Gasteiger partial charge is 0.308 e. The zero-order chi connectivity index (χ0) is 32.7. The summed E-state index contributed by atoms with van der Waals surface area (Å²) in [5.74, 6) is 1.03. The highest BCUT2D eigenvalue weighted by molar-refractivity contribution is 7.53. The maximum atomic E-state index is 14.4. The average Bonchev–Trinajstić information content (AvgIpc) is 3.57. The second-order valence-corrected chi connectivity index (χ2v) is 16.9. The van der Waals surface area contributed by atoms with Gasteiger partial charge in [0.1, 0.15) is 0 Å². The lowest BCUT2D eigenvalue weighted by atomic mass is 9.95. The van der Waals surface area contributed by atoms with E-state index in [9.17, 15) is 4.57 Å². The highest BCUT2D eigenvalue weighted by Crippen LogP contribution is 2.50. The molecule has 1 aliphatic rings. The van der Waals surface area contributed by atoms with Crippen molar-refractivity contribution in [2.45, 2.75) is 207 Å². The molecule has 0 radical (unpaired) electrons. The first-order valence-corrected chi connectivity index (χ1v) is 22.4. The summed E-state index contributed by atoms with van der Waals surface area (Å²) in [5, 5.41) is 0. The third-order valence-electron chi connectivity index (χ3n) is 10.2. The standard InChI is InChI=1S/C40H82NO3P/c1-5-9-13-17-19-23-31-39(29-21-15-11-7-3)37-43-45(42,36-28-27-35-41-33-25-26-34-41)44-38-40(30-22-16-12-8-4)32-24-20-18-14-10-6-2/h39-40H,5-38H2,1-4H3. The number of hydrogen-bond donors (Lipinski definition) is 0. The molecule has 0 aromatic heterocycles. The van der Waals surface area contributed by atoms with Gasteiger partial charge in [0.25, 0.3) is 0 Å². The molecule has 1 saturated heterocycles. The predicted octanol–water partition coefficient (Wildman–Crippen LogP) is 13.8. The van der Waals surface area contributed by atoms with Crippen LogP contribution >= 0.6 is 7.60 Å². The minimum atomic E-state index is -3.10. The van der Waals surface area contributed by atoms with Crippen molar-refractivity contribution < 1.29 is 13.6 Å². The molecular weight excluding hydrogens is 573 g/mol. The van der Waals surface area contributed by atoms with Gasteiger partial charge in [-0.15, -0.1) is 0 Å². The highest BCUT2D eigenvalue weighted by atomic mass is 31.2. The van der Waals surface area contributed by atoms with Crippen molar-refractivity contribution in [3.63, 3.8) is 0 Å². The van der Waals surface area contributed by atoms with Gasteiger partial charge in [-0.25, -0.2) is 0 Å². The van der Waals surface area contributed by atoms with Crippen molar-refractivity contribution in [1.82, 2.24) is 4.90 Å². The van der Waals surface area contributed by atoms with E-state index in [1.807, 2.05) is 0 Å². The fourth-order valence-corrected chi connectivity index (χ4v) is 8.84. The normalized spacial score (nSPS) is 16.7. The number of rotatable bonds is 35. The summed E-state index contributed by atoms with van der Waals surface area (Å²) in [6.45, 7) is 14.0. The number of likely N-dealkylation sites (tertiary alicyclic amines) is 1. The molecule has 1 fully saturated rings. The van der Waals surface area contributed by atoms with Gasteiger partial charge in [0.2, 0.25) is 0 Å². The van der Waals surface area contributed by atoms with Crippen LogP contribution < -0.4 is 0 Å². The Morgan fingerprint density at radius 3 is 1.24 bits per heavy atom. The Labute approximate surface area is 283 Å². The van der Waals surface area contributed by atoms with Crippen LogP contribution in [0.3, 0.4) is 0 Å². The first kappa shape index (κ1) is 43.1. The molecule has 1 heterocycles. The van der Waals surface area contributed by atoms with Gasteiger partial charge in [-0.2, -0.15) is 0 Å². The second-order valence-electron chi connectivity index (χ2n) is 14.7. The third-order valence-corrected chi connectivity index (χ3v) is 12.2. The van der Waals surface area contributed by atoms with Crippen molar-refractivity contribution in [3.05, 3.63) is 0 Å². The Morgan fingerprint density at radius 1 is 0.489 bits per heavy atom. The molecule has 0 N–H and O–H groups in total. The van der Waals surface area contributed by atoms with E-state index >= 15 is 0 Å². The minimum Gasteiger partial charge on any atom is -0.308 e. The molecule has 0 spiro atoms. The van der Waals surface area contributed by atoms with Gasteiger partial charge in [-0.1, -0.05) is 156 Å². The summed E-state index contributed by atoms with van der Waals surface area (Å²) in [6.07, 6.45) is 36.5. The lowest BCUT2D eigenvalue weighted by Crippen LogP contribution is -2.20. The second kappa shape index (κ2) is 31.4. The van der Waals surface area contributed by atoms with Gasteiger partial charge in [-0.05, 0) is 82.8 Å². The van der Waals surface area contributed by atoms with Crippen LogP contribution in [0.2, 0.25) is 0 Å². The molecule has 0 amide bonds. The Bertz CT molecular complexity index is 613. The van der Waals surface area contributed by atoms with Crippen LogP contribution in [0, 0.1) is 11.8 Å². The molecule has 1 aliphatic heterocycles. The van der Waals surface area contributed by atoms with Gasteiger partial charge < -0.3 is 13.9 Å². The van der Waals surface area contributed by atoms with E-state index in [1.54, 1.807) is 0 Å². The molecule has 0 aliphatic carbocycles. The predicted molar refractivity (Wildman–Crippen MR) is 200 cm³/mol. The third kappa shape index (κ3) is 25.8. The zero-order valence-electron chi connectivity index (χ0n) is 31.3. The number of nitrogens with zero attached hydrogens (tertiary/aromatic N) is 1. The number of hydrogen-bond acceptors (Lipinski definition) is 4. The summed E-state index contributed by atoms with van der Waals surface area (Å²) in [7, 11) is -3.10. The molecule has 0 saturated carbocycles. The van der Waals surface area contributed by atoms with Crippen LogP contribution in [0.1, 0.15) is 207 Å². The van der Waals surface area contributed by atoms with Gasteiger partial charge in [0.15, 0.2) is 0 Å². The molecule has 2 unspecified atom stereocenters. The Morgan fingerprint density at radius 2 is 0.844 bits per heavy atom. The van der Waals surface area contributed by atoms with Crippen LogP contribution in [-0.4, -0.2) is 43.9 Å². The average molecular weight is 656 g/mol. The van der Waals surface area contributed by atoms with E-state index in [2.05, 4.69) is 32.6 Å². The summed E-state index contributed by atoms with van der Waals surface area (Å²) in [6, 6.07) is 0. The first-order chi connectivity index (χ1) is 22.1. The van der Waals surface area contributed by atoms with Crippen LogP contribution in [-0.2, 0) is 13.6 Å². The fourth-order valence-electron chi connectivity index (χ4n) is 7.02. The van der Waals surface area contributed by atoms with Crippen LogP contribution in [0.25, 0.3) is 0 Å². The van der Waals surface area contributed by atoms with Gasteiger partial charge >= 0.3 is 7.60 Å². The maximum Gasteiger partial charge on any atom is 0.330 e. The molecule has 4 nitrogen and oxygen atoms in total. The van der Waals surface area contributed by atoms with Gasteiger partial charge in [-0.3, -0.25) is 4.57 Å². The van der Waals surface area contributed by atoms with Crippen molar-refractivity contribution in [2.75, 3.05) is 39.0 Å². The monoisotopic (exact) mass is 656 g/mol. The molecule has 0 bridgehead atoms. The van der Waals surface area contributed by atoms with E-state index < -0.39 is 7.60 Å². The topological polar surface area (TPSA) is 38.8 Å². The zero-order valence-corrected chi connectivity index (χ0v) is 32.2. The molecule has 45 heavy (non-hydrogen) atoms. The summed E-state index contributed by atoms with van der Waals surface area (Å²) in [4.78, 5) is 2.58. The summed E-state index contributed by atoms with van der Waals surface area (Å²) >= 11 is 0. The van der Waals surface area contributed by atoms with Crippen LogP contribution in [0.15, 0.2) is 0 Å². The van der Waals surface area contributed by atoms with Gasteiger partial charge in [0, 0.05) is 0 Å². The van der Waals surface area contributed by atoms with Crippen LogP contribution in [0.5, 0.6) is 0 Å². The van der Waals surface area contributed by atoms with Crippen molar-refractivity contribution >= 4 is 7.60 Å². The van der Waals surface area contributed by atoms with Crippen molar-refractivity contribution in [2.24, 2.45) is 11.8 Å². The van der Waals surface area contributed by atoms with E-state index in [0.29, 0.717) is 31.2 Å². The van der Waals surface area contributed by atoms with Crippen LogP contribution in [0.4, 0.5) is 0 Å². The van der Waals surface area contributed by atoms with Crippen molar-refractivity contribution in [3.8, 4) is 0 Å². The van der Waals surface area contributed by atoms with E-state index in [1.165, 1.54) is 180 Å². The SMILES string of the molecule is CCCCCCCCC(CCCCCC)COP(=O)(CCCCN1CCCC1)OCC(CCCCCC)CCCCCCCC. The lowest BCUT2D eigenvalue weighted by molar-refractivity contribution is 0.146. The van der Waals surface area contributed by atoms with Crippen molar-refractivity contribution in [1.29, 1.82) is 0 Å². The molecule has 1 rings (SSSR count). The summed E-state index contributed by atoms with van der Waals surface area (Å²) in [5.41, 5.74) is 0. The molecule has 5 heteroatoms.